The van der Waals surface area contributed by atoms with Crippen molar-refractivity contribution >= 4 is 11.7 Å². The van der Waals surface area contributed by atoms with Crippen molar-refractivity contribution < 1.29 is 4.79 Å². The molecule has 2 rings (SSSR count). The number of hydrazine groups is 1. The Labute approximate surface area is 114 Å². The van der Waals surface area contributed by atoms with E-state index in [9.17, 15) is 4.79 Å². The quantitative estimate of drug-likeness (QED) is 0.572. The summed E-state index contributed by atoms with van der Waals surface area (Å²) in [5.41, 5.74) is 3.92. The molecule has 1 aliphatic rings. The molecule has 1 amide bonds. The zero-order valence-corrected chi connectivity index (χ0v) is 11.6. The zero-order valence-electron chi connectivity index (χ0n) is 11.6. The molecule has 1 saturated carbocycles. The molecule has 5 nitrogen and oxygen atoms in total. The molecule has 0 atom stereocenters. The summed E-state index contributed by atoms with van der Waals surface area (Å²) in [7, 11) is 0. The number of aromatic nitrogens is 1. The van der Waals surface area contributed by atoms with Crippen molar-refractivity contribution in [2.24, 2.45) is 5.84 Å². The van der Waals surface area contributed by atoms with E-state index in [0.717, 1.165) is 25.0 Å². The lowest BCUT2D eigenvalue weighted by molar-refractivity contribution is 0.0908. The molecule has 4 N–H and O–H groups in total. The van der Waals surface area contributed by atoms with Gasteiger partial charge in [-0.05, 0) is 38.3 Å². The molecule has 1 aliphatic carbocycles. The summed E-state index contributed by atoms with van der Waals surface area (Å²) in [6.45, 7) is 4.12. The Morgan fingerprint density at radius 3 is 2.68 bits per heavy atom. The highest BCUT2D eigenvalue weighted by Crippen LogP contribution is 2.29. The summed E-state index contributed by atoms with van der Waals surface area (Å²) < 4.78 is 0. The van der Waals surface area contributed by atoms with E-state index in [1.807, 2.05) is 13.0 Å². The van der Waals surface area contributed by atoms with Gasteiger partial charge in [-0.15, -0.1) is 0 Å². The fourth-order valence-corrected chi connectivity index (χ4v) is 2.60. The molecule has 0 saturated heterocycles. The van der Waals surface area contributed by atoms with Gasteiger partial charge in [0.1, 0.15) is 5.82 Å². The number of anilines is 1. The van der Waals surface area contributed by atoms with E-state index >= 15 is 0 Å². The fourth-order valence-electron chi connectivity index (χ4n) is 2.60. The van der Waals surface area contributed by atoms with Gasteiger partial charge in [0.05, 0.1) is 0 Å². The highest BCUT2D eigenvalue weighted by molar-refractivity contribution is 5.95. The lowest BCUT2D eigenvalue weighted by Crippen LogP contribution is -2.43. The first kappa shape index (κ1) is 13.8. The maximum atomic E-state index is 12.3. The van der Waals surface area contributed by atoms with E-state index in [1.54, 1.807) is 6.07 Å². The van der Waals surface area contributed by atoms with Gasteiger partial charge in [-0.3, -0.25) is 4.79 Å². The molecule has 5 heteroatoms. The molecule has 0 aromatic carbocycles. The van der Waals surface area contributed by atoms with Crippen LogP contribution in [0.25, 0.3) is 0 Å². The Kier molecular flexibility index (Phi) is 4.04. The maximum Gasteiger partial charge on any atom is 0.251 e. The number of hydrogen-bond acceptors (Lipinski definition) is 4. The molecule has 19 heavy (non-hydrogen) atoms. The predicted molar refractivity (Wildman–Crippen MR) is 75.8 cm³/mol. The number of nitrogens with one attached hydrogen (secondary N) is 2. The van der Waals surface area contributed by atoms with Gasteiger partial charge in [-0.25, -0.2) is 10.8 Å². The highest BCUT2D eigenvalue weighted by atomic mass is 16.1. The summed E-state index contributed by atoms with van der Waals surface area (Å²) in [4.78, 5) is 16.6. The van der Waals surface area contributed by atoms with Crippen molar-refractivity contribution in [3.8, 4) is 0 Å². The van der Waals surface area contributed by atoms with Crippen molar-refractivity contribution in [2.45, 2.75) is 51.5 Å². The molecule has 1 heterocycles. The first-order valence-corrected chi connectivity index (χ1v) is 6.86. The average Bonchev–Trinajstić information content (AvgIpc) is 2.84. The van der Waals surface area contributed by atoms with E-state index in [1.165, 1.54) is 12.8 Å². The standard InChI is InChI=1S/C14H22N4O/c1-3-11-8-10(9-12(16-11)18-15)13(19)17-14(2)6-4-5-7-14/h8-9H,3-7,15H2,1-2H3,(H,16,18)(H,17,19). The van der Waals surface area contributed by atoms with E-state index in [-0.39, 0.29) is 11.4 Å². The number of pyridine rings is 1. The number of rotatable bonds is 4. The summed E-state index contributed by atoms with van der Waals surface area (Å²) in [6, 6.07) is 3.52. The summed E-state index contributed by atoms with van der Waals surface area (Å²) >= 11 is 0. The Morgan fingerprint density at radius 1 is 1.42 bits per heavy atom. The molecule has 1 aromatic heterocycles. The van der Waals surface area contributed by atoms with Gasteiger partial charge in [0.25, 0.3) is 5.91 Å². The van der Waals surface area contributed by atoms with Crippen molar-refractivity contribution in [2.75, 3.05) is 5.43 Å². The molecule has 0 aliphatic heterocycles. The topological polar surface area (TPSA) is 80.0 Å². The highest BCUT2D eigenvalue weighted by Gasteiger charge is 2.30. The summed E-state index contributed by atoms with van der Waals surface area (Å²) in [6.07, 6.45) is 5.23. The Balaban J connectivity index is 2.18. The number of carbonyl (C=O) groups is 1. The number of aryl methyl sites for hydroxylation is 1. The molecule has 0 bridgehead atoms. The van der Waals surface area contributed by atoms with Crippen LogP contribution >= 0.6 is 0 Å². The largest absolute Gasteiger partial charge is 0.347 e. The van der Waals surface area contributed by atoms with Gasteiger partial charge in [0, 0.05) is 16.8 Å². The van der Waals surface area contributed by atoms with Crippen LogP contribution in [0.2, 0.25) is 0 Å². The van der Waals surface area contributed by atoms with Gasteiger partial charge in [0.15, 0.2) is 0 Å². The first-order chi connectivity index (χ1) is 9.06. The number of nitrogen functional groups attached to an aromatic ring is 1. The molecule has 0 radical (unpaired) electrons. The van der Waals surface area contributed by atoms with Gasteiger partial charge in [-0.2, -0.15) is 0 Å². The van der Waals surface area contributed by atoms with Crippen LogP contribution in [0.5, 0.6) is 0 Å². The number of nitrogens with two attached hydrogens (primary N) is 1. The summed E-state index contributed by atoms with van der Waals surface area (Å²) in [5.74, 6) is 5.87. The number of nitrogens with zero attached hydrogens (tertiary/aromatic N) is 1. The fraction of sp³-hybridized carbons (Fsp3) is 0.571. The van der Waals surface area contributed by atoms with Crippen LogP contribution in [0.3, 0.4) is 0 Å². The SMILES string of the molecule is CCc1cc(C(=O)NC2(C)CCCC2)cc(NN)n1. The number of amides is 1. The number of carbonyl (C=O) groups excluding carboxylic acids is 1. The second-order valence-electron chi connectivity index (χ2n) is 5.45. The molecule has 0 spiro atoms. The summed E-state index contributed by atoms with van der Waals surface area (Å²) in [5, 5.41) is 3.14. The smallest absolute Gasteiger partial charge is 0.251 e. The predicted octanol–water partition coefficient (Wildman–Crippen LogP) is 1.99. The molecule has 1 fully saturated rings. The molecule has 104 valence electrons. The minimum absolute atomic E-state index is 0.0435. The van der Waals surface area contributed by atoms with Crippen molar-refractivity contribution in [3.05, 3.63) is 23.4 Å². The minimum atomic E-state index is -0.0664. The van der Waals surface area contributed by atoms with E-state index in [2.05, 4.69) is 22.7 Å². The second kappa shape index (κ2) is 5.57. The molecular weight excluding hydrogens is 240 g/mol. The van der Waals surface area contributed by atoms with E-state index < -0.39 is 0 Å². The van der Waals surface area contributed by atoms with Crippen LogP contribution in [-0.2, 0) is 6.42 Å². The first-order valence-electron chi connectivity index (χ1n) is 6.86. The van der Waals surface area contributed by atoms with E-state index in [4.69, 9.17) is 5.84 Å². The third kappa shape index (κ3) is 3.23. The van der Waals surface area contributed by atoms with Crippen LogP contribution in [0.15, 0.2) is 12.1 Å². The lowest BCUT2D eigenvalue weighted by atomic mass is 10.00. The number of hydrogen-bond donors (Lipinski definition) is 3. The van der Waals surface area contributed by atoms with Crippen LogP contribution < -0.4 is 16.6 Å². The lowest BCUT2D eigenvalue weighted by Gasteiger charge is -2.25. The van der Waals surface area contributed by atoms with E-state index in [0.29, 0.717) is 11.4 Å². The minimum Gasteiger partial charge on any atom is -0.347 e. The second-order valence-corrected chi connectivity index (χ2v) is 5.45. The molecule has 1 aromatic rings. The van der Waals surface area contributed by atoms with Crippen molar-refractivity contribution in [1.82, 2.24) is 10.3 Å². The Morgan fingerprint density at radius 2 is 2.11 bits per heavy atom. The van der Waals surface area contributed by atoms with Crippen LogP contribution in [0, 0.1) is 0 Å². The van der Waals surface area contributed by atoms with Crippen LogP contribution in [0.1, 0.15) is 55.6 Å². The zero-order chi connectivity index (χ0) is 13.9. The van der Waals surface area contributed by atoms with Crippen LogP contribution in [0.4, 0.5) is 5.82 Å². The van der Waals surface area contributed by atoms with Gasteiger partial charge in [-0.1, -0.05) is 19.8 Å². The van der Waals surface area contributed by atoms with Gasteiger partial charge < -0.3 is 10.7 Å². The molecule has 0 unspecified atom stereocenters. The van der Waals surface area contributed by atoms with Crippen molar-refractivity contribution in [1.29, 1.82) is 0 Å². The van der Waals surface area contributed by atoms with Gasteiger partial charge in [0.2, 0.25) is 0 Å². The Bertz CT molecular complexity index is 444. The molecular formula is C14H22N4O. The Hall–Kier alpha value is -1.62. The van der Waals surface area contributed by atoms with Crippen molar-refractivity contribution in [3.63, 3.8) is 0 Å². The monoisotopic (exact) mass is 262 g/mol. The maximum absolute atomic E-state index is 12.3. The average molecular weight is 262 g/mol. The third-order valence-corrected chi connectivity index (χ3v) is 3.77. The third-order valence-electron chi connectivity index (χ3n) is 3.77. The van der Waals surface area contributed by atoms with Crippen LogP contribution in [-0.4, -0.2) is 16.4 Å². The normalized spacial score (nSPS) is 17.2. The van der Waals surface area contributed by atoms with Gasteiger partial charge >= 0.3 is 0 Å².